The lowest BCUT2D eigenvalue weighted by Crippen LogP contribution is -2.41. The molecular weight excluding hydrogens is 348 g/mol. The van der Waals surface area contributed by atoms with Crippen molar-refractivity contribution in [1.29, 1.82) is 0 Å². The molecule has 5 nitrogen and oxygen atoms in total. The molecule has 2 N–H and O–H groups in total. The average Bonchev–Trinajstić information content (AvgIpc) is 3.26. The van der Waals surface area contributed by atoms with Crippen LogP contribution in [0.3, 0.4) is 0 Å². The van der Waals surface area contributed by atoms with Crippen molar-refractivity contribution in [3.63, 3.8) is 0 Å². The zero-order valence-electron chi connectivity index (χ0n) is 15.7. The van der Waals surface area contributed by atoms with Gasteiger partial charge in [-0.25, -0.2) is 9.97 Å². The third-order valence-corrected chi connectivity index (χ3v) is 5.09. The van der Waals surface area contributed by atoms with Crippen LogP contribution in [0.2, 0.25) is 0 Å². The molecule has 2 atom stereocenters. The zero-order valence-corrected chi connectivity index (χ0v) is 15.7. The summed E-state index contributed by atoms with van der Waals surface area (Å²) in [5.74, 6) is 0.792. The van der Waals surface area contributed by atoms with Crippen LogP contribution in [-0.4, -0.2) is 28.5 Å². The van der Waals surface area contributed by atoms with Gasteiger partial charge in [-0.15, -0.1) is 0 Å². The summed E-state index contributed by atoms with van der Waals surface area (Å²) in [6.07, 6.45) is 4.21. The first-order chi connectivity index (χ1) is 13.8. The highest BCUT2D eigenvalue weighted by atomic mass is 16.2. The summed E-state index contributed by atoms with van der Waals surface area (Å²) in [4.78, 5) is 21.4. The van der Waals surface area contributed by atoms with Crippen molar-refractivity contribution in [3.05, 3.63) is 84.3 Å². The lowest BCUT2D eigenvalue weighted by molar-refractivity contribution is -0.122. The summed E-state index contributed by atoms with van der Waals surface area (Å²) >= 11 is 0. The lowest BCUT2D eigenvalue weighted by atomic mass is 10.1. The van der Waals surface area contributed by atoms with E-state index >= 15 is 0 Å². The first-order valence-electron chi connectivity index (χ1n) is 9.75. The molecule has 3 aromatic rings. The van der Waals surface area contributed by atoms with E-state index in [9.17, 15) is 4.79 Å². The van der Waals surface area contributed by atoms with Gasteiger partial charge in [0.15, 0.2) is 0 Å². The number of rotatable bonds is 6. The average molecular weight is 372 g/mol. The minimum Gasteiger partial charge on any atom is -0.354 e. The second-order valence-electron chi connectivity index (χ2n) is 7.03. The quantitative estimate of drug-likeness (QED) is 0.697. The van der Waals surface area contributed by atoms with Crippen LogP contribution in [0, 0.1) is 0 Å². The summed E-state index contributed by atoms with van der Waals surface area (Å²) in [5, 5.41) is 6.47. The number of hydrogen-bond donors (Lipinski definition) is 2. The van der Waals surface area contributed by atoms with Gasteiger partial charge in [0.2, 0.25) is 5.91 Å². The molecule has 2 aromatic carbocycles. The van der Waals surface area contributed by atoms with Gasteiger partial charge in [0.1, 0.15) is 5.82 Å². The number of hydrogen-bond acceptors (Lipinski definition) is 4. The highest BCUT2D eigenvalue weighted by Gasteiger charge is 2.29. The van der Waals surface area contributed by atoms with E-state index in [-0.39, 0.29) is 18.0 Å². The van der Waals surface area contributed by atoms with Crippen LogP contribution in [0.15, 0.2) is 72.9 Å². The fourth-order valence-electron chi connectivity index (χ4n) is 3.61. The fraction of sp³-hybridized carbons (Fsp3) is 0.261. The molecule has 4 rings (SSSR count). The SMILES string of the molecule is O=C(NCCc1nccc(-c2ccccc2)n1)[C@H]1CC[C@H](c2ccccc2)N1. The van der Waals surface area contributed by atoms with E-state index in [1.165, 1.54) is 5.56 Å². The standard InChI is InChI=1S/C23H24N4O/c28-23(21-12-11-19(26-21)17-7-3-1-4-8-17)25-16-14-22-24-15-13-20(27-22)18-9-5-2-6-10-18/h1-10,13,15,19,21,26H,11-12,14,16H2,(H,25,28)/t19-,21-/m1/s1. The van der Waals surface area contributed by atoms with E-state index < -0.39 is 0 Å². The van der Waals surface area contributed by atoms with Crippen LogP contribution in [-0.2, 0) is 11.2 Å². The highest BCUT2D eigenvalue weighted by molar-refractivity contribution is 5.82. The lowest BCUT2D eigenvalue weighted by Gasteiger charge is -2.14. The zero-order chi connectivity index (χ0) is 19.2. The predicted molar refractivity (Wildman–Crippen MR) is 110 cm³/mol. The third kappa shape index (κ3) is 4.43. The molecule has 0 bridgehead atoms. The number of carbonyl (C=O) groups is 1. The van der Waals surface area contributed by atoms with E-state index in [0.717, 1.165) is 29.9 Å². The Bertz CT molecular complexity index is 914. The maximum absolute atomic E-state index is 12.5. The maximum Gasteiger partial charge on any atom is 0.237 e. The molecule has 1 aliphatic heterocycles. The molecule has 0 radical (unpaired) electrons. The molecule has 0 saturated carbocycles. The Balaban J connectivity index is 1.28. The normalized spacial score (nSPS) is 18.7. The van der Waals surface area contributed by atoms with Crippen molar-refractivity contribution < 1.29 is 4.79 Å². The first-order valence-corrected chi connectivity index (χ1v) is 9.75. The van der Waals surface area contributed by atoms with Crippen LogP contribution in [0.25, 0.3) is 11.3 Å². The summed E-state index contributed by atoms with van der Waals surface area (Å²) in [6.45, 7) is 0.533. The largest absolute Gasteiger partial charge is 0.354 e. The van der Waals surface area contributed by atoms with Gasteiger partial charge >= 0.3 is 0 Å². The van der Waals surface area contributed by atoms with Gasteiger partial charge in [-0.05, 0) is 24.5 Å². The van der Waals surface area contributed by atoms with Gasteiger partial charge in [0, 0.05) is 30.8 Å². The Morgan fingerprint density at radius 3 is 2.54 bits per heavy atom. The van der Waals surface area contributed by atoms with Crippen molar-refractivity contribution in [2.24, 2.45) is 0 Å². The van der Waals surface area contributed by atoms with Crippen LogP contribution >= 0.6 is 0 Å². The van der Waals surface area contributed by atoms with Crippen molar-refractivity contribution in [2.75, 3.05) is 6.54 Å². The van der Waals surface area contributed by atoms with E-state index in [4.69, 9.17) is 0 Å². The second-order valence-corrected chi connectivity index (χ2v) is 7.03. The number of carbonyl (C=O) groups excluding carboxylic acids is 1. The first kappa shape index (κ1) is 18.3. The maximum atomic E-state index is 12.5. The molecule has 0 unspecified atom stereocenters. The van der Waals surface area contributed by atoms with Gasteiger partial charge in [-0.2, -0.15) is 0 Å². The Morgan fingerprint density at radius 1 is 1.00 bits per heavy atom. The Kier molecular flexibility index (Phi) is 5.73. The van der Waals surface area contributed by atoms with Crippen LogP contribution < -0.4 is 10.6 Å². The van der Waals surface area contributed by atoms with Crippen LogP contribution in [0.5, 0.6) is 0 Å². The molecule has 1 saturated heterocycles. The molecule has 1 aliphatic rings. The minimum atomic E-state index is -0.137. The molecule has 0 aliphatic carbocycles. The number of aromatic nitrogens is 2. The summed E-state index contributed by atoms with van der Waals surface area (Å²) < 4.78 is 0. The molecule has 2 heterocycles. The van der Waals surface area contributed by atoms with Gasteiger partial charge in [-0.3, -0.25) is 10.1 Å². The van der Waals surface area contributed by atoms with Crippen LogP contribution in [0.4, 0.5) is 0 Å². The smallest absolute Gasteiger partial charge is 0.237 e. The van der Waals surface area contributed by atoms with E-state index in [2.05, 4.69) is 32.7 Å². The number of nitrogens with one attached hydrogen (secondary N) is 2. The van der Waals surface area contributed by atoms with Crippen molar-refractivity contribution in [2.45, 2.75) is 31.3 Å². The Labute approximate surface area is 165 Å². The summed E-state index contributed by atoms with van der Waals surface area (Å²) in [6, 6.07) is 22.4. The molecule has 142 valence electrons. The monoisotopic (exact) mass is 372 g/mol. The highest BCUT2D eigenvalue weighted by Crippen LogP contribution is 2.26. The third-order valence-electron chi connectivity index (χ3n) is 5.09. The number of nitrogens with zero attached hydrogens (tertiary/aromatic N) is 2. The van der Waals surface area contributed by atoms with Crippen molar-refractivity contribution in [1.82, 2.24) is 20.6 Å². The molecule has 1 fully saturated rings. The minimum absolute atomic E-state index is 0.0534. The van der Waals surface area contributed by atoms with Gasteiger partial charge in [0.05, 0.1) is 11.7 Å². The van der Waals surface area contributed by atoms with Crippen LogP contribution in [0.1, 0.15) is 30.3 Å². The molecule has 28 heavy (non-hydrogen) atoms. The van der Waals surface area contributed by atoms with Crippen molar-refractivity contribution in [3.8, 4) is 11.3 Å². The van der Waals surface area contributed by atoms with Gasteiger partial charge < -0.3 is 5.32 Å². The summed E-state index contributed by atoms with van der Waals surface area (Å²) in [7, 11) is 0. The fourth-order valence-corrected chi connectivity index (χ4v) is 3.61. The number of amides is 1. The Morgan fingerprint density at radius 2 is 1.75 bits per heavy atom. The molecule has 0 spiro atoms. The summed E-state index contributed by atoms with van der Waals surface area (Å²) in [5.41, 5.74) is 3.21. The predicted octanol–water partition coefficient (Wildman–Crippen LogP) is 3.30. The molecule has 5 heteroatoms. The Hall–Kier alpha value is -3.05. The van der Waals surface area contributed by atoms with E-state index in [1.54, 1.807) is 6.20 Å². The number of benzene rings is 2. The molecule has 1 amide bonds. The van der Waals surface area contributed by atoms with Crippen molar-refractivity contribution >= 4 is 5.91 Å². The van der Waals surface area contributed by atoms with E-state index in [1.807, 2.05) is 54.6 Å². The second kappa shape index (κ2) is 8.76. The van der Waals surface area contributed by atoms with Gasteiger partial charge in [0.25, 0.3) is 0 Å². The van der Waals surface area contributed by atoms with E-state index in [0.29, 0.717) is 13.0 Å². The van der Waals surface area contributed by atoms with Gasteiger partial charge in [-0.1, -0.05) is 60.7 Å². The molecular formula is C23H24N4O. The topological polar surface area (TPSA) is 66.9 Å². The molecule has 1 aromatic heterocycles.